The van der Waals surface area contributed by atoms with Gasteiger partial charge in [0, 0.05) is 18.5 Å². The number of benzene rings is 3. The quantitative estimate of drug-likeness (QED) is 0.129. The molecule has 1 fully saturated rings. The first-order chi connectivity index (χ1) is 20.6. The summed E-state index contributed by atoms with van der Waals surface area (Å²) in [5.74, 6) is -12.7. The van der Waals surface area contributed by atoms with Crippen molar-refractivity contribution in [3.63, 3.8) is 0 Å². The van der Waals surface area contributed by atoms with Gasteiger partial charge in [-0.2, -0.15) is 0 Å². The molecule has 1 aliphatic heterocycles. The van der Waals surface area contributed by atoms with E-state index in [0.29, 0.717) is 24.1 Å². The van der Waals surface area contributed by atoms with Crippen LogP contribution in [0.1, 0.15) is 51.4 Å². The molecule has 226 valence electrons. The van der Waals surface area contributed by atoms with Gasteiger partial charge < -0.3 is 24.5 Å². The number of aliphatic hydroxyl groups is 1. The molecule has 0 unspecified atom stereocenters. The molecule has 0 spiro atoms. The number of carbonyl (C=O) groups is 1. The third kappa shape index (κ3) is 6.53. The molecule has 1 aromatic heterocycles. The van der Waals surface area contributed by atoms with Crippen molar-refractivity contribution in [1.82, 2.24) is 14.9 Å². The highest BCUT2D eigenvalue weighted by atomic mass is 35.5. The Bertz CT molecular complexity index is 1610. The number of amides is 1. The van der Waals surface area contributed by atoms with Crippen LogP contribution in [0.5, 0.6) is 0 Å². The molecule has 0 radical (unpaired) electrons. The van der Waals surface area contributed by atoms with Crippen molar-refractivity contribution in [2.75, 3.05) is 0 Å². The number of carbonyl (C=O) groups excluding carboxylic acids is 1. The second-order valence-corrected chi connectivity index (χ2v) is 10.4. The molecule has 43 heavy (non-hydrogen) atoms. The summed E-state index contributed by atoms with van der Waals surface area (Å²) in [5.41, 5.74) is 1.10. The van der Waals surface area contributed by atoms with Crippen LogP contribution in [0.3, 0.4) is 0 Å². The molecule has 2 N–H and O–H groups in total. The monoisotopic (exact) mass is 641 g/mol. The van der Waals surface area contributed by atoms with Crippen LogP contribution in [-0.4, -0.2) is 26.7 Å². The average molecular weight is 642 g/mol. The van der Waals surface area contributed by atoms with Crippen molar-refractivity contribution >= 4 is 29.1 Å². The Morgan fingerprint density at radius 3 is 2.05 bits per heavy atom. The maximum atomic E-state index is 14.0. The number of halogens is 7. The largest absolute Gasteiger partial charge is 0.392 e. The van der Waals surface area contributed by atoms with E-state index in [9.17, 15) is 31.9 Å². The number of ether oxygens (including phenoxy) is 2. The summed E-state index contributed by atoms with van der Waals surface area (Å²) in [7, 11) is 0. The van der Waals surface area contributed by atoms with Gasteiger partial charge in [0.1, 0.15) is 10.7 Å². The van der Waals surface area contributed by atoms with Gasteiger partial charge >= 0.3 is 0 Å². The van der Waals surface area contributed by atoms with Crippen molar-refractivity contribution in [2.24, 2.45) is 0 Å². The molecule has 7 nitrogen and oxygen atoms in total. The topological polar surface area (TPSA) is 85.6 Å². The van der Waals surface area contributed by atoms with Gasteiger partial charge in [-0.1, -0.05) is 71.7 Å². The molecular weight excluding hydrogens is 620 g/mol. The summed E-state index contributed by atoms with van der Waals surface area (Å²) in [6.45, 7) is -0.0484. The minimum absolute atomic E-state index is 0.103. The second kappa shape index (κ2) is 13.0. The molecule has 14 heteroatoms. The minimum Gasteiger partial charge on any atom is -0.392 e. The van der Waals surface area contributed by atoms with Gasteiger partial charge in [-0.3, -0.25) is 4.79 Å². The Hall–Kier alpha value is -3.55. The van der Waals surface area contributed by atoms with E-state index in [1.165, 1.54) is 6.33 Å². The standard InChI is InChI=1S/C29H22Cl2F5N3O4/c30-26-27(31)39(13-38-26)11-18-9-19(16-5-3-15(12-40)4-6-16)43-29(42-18)17-7-1-14(2-8-17)10-37-28(41)20-21(32)23(34)25(36)24(35)22(20)33/h1-8,13,18-19,29,40H,9-12H2,(H,37,41)/t18-,19+,29+/m1/s1. The number of aliphatic hydroxyl groups excluding tert-OH is 1. The van der Waals surface area contributed by atoms with Gasteiger partial charge in [-0.15, -0.1) is 0 Å². The molecule has 1 aliphatic rings. The molecule has 2 heterocycles. The third-order valence-electron chi connectivity index (χ3n) is 6.89. The van der Waals surface area contributed by atoms with E-state index in [2.05, 4.69) is 10.3 Å². The van der Waals surface area contributed by atoms with Crippen LogP contribution < -0.4 is 5.32 Å². The summed E-state index contributed by atoms with van der Waals surface area (Å²) in [6, 6.07) is 13.8. The molecule has 3 aromatic carbocycles. The summed E-state index contributed by atoms with van der Waals surface area (Å²) in [6.07, 6.45) is 0.344. The summed E-state index contributed by atoms with van der Waals surface area (Å²) < 4.78 is 82.4. The minimum atomic E-state index is -2.35. The normalized spacial score (nSPS) is 18.6. The summed E-state index contributed by atoms with van der Waals surface area (Å²) in [4.78, 5) is 16.3. The van der Waals surface area contributed by atoms with Crippen molar-refractivity contribution in [1.29, 1.82) is 0 Å². The average Bonchev–Trinajstić information content (AvgIpc) is 3.34. The predicted molar refractivity (Wildman–Crippen MR) is 145 cm³/mol. The SMILES string of the molecule is O=C(NCc1ccc([C@H]2O[C@@H](Cn3cnc(Cl)c3Cl)C[C@@H](c3ccc(CO)cc3)O2)cc1)c1c(F)c(F)c(F)c(F)c1F. The van der Waals surface area contributed by atoms with Crippen LogP contribution in [0.15, 0.2) is 54.9 Å². The molecule has 1 amide bonds. The molecule has 3 atom stereocenters. The van der Waals surface area contributed by atoms with Crippen LogP contribution in [-0.2, 0) is 29.2 Å². The zero-order chi connectivity index (χ0) is 30.8. The van der Waals surface area contributed by atoms with Gasteiger partial charge in [-0.25, -0.2) is 26.9 Å². The number of nitrogens with zero attached hydrogens (tertiary/aromatic N) is 2. The Kier molecular flexibility index (Phi) is 9.33. The highest BCUT2D eigenvalue weighted by molar-refractivity contribution is 6.40. The molecule has 0 aliphatic carbocycles. The number of imidazole rings is 1. The van der Waals surface area contributed by atoms with E-state index in [1.807, 2.05) is 12.1 Å². The lowest BCUT2D eigenvalue weighted by Gasteiger charge is -2.36. The van der Waals surface area contributed by atoms with E-state index in [0.717, 1.165) is 11.1 Å². The van der Waals surface area contributed by atoms with Crippen LogP contribution >= 0.6 is 23.2 Å². The van der Waals surface area contributed by atoms with Crippen LogP contribution in [0.2, 0.25) is 10.3 Å². The van der Waals surface area contributed by atoms with Gasteiger partial charge in [0.15, 0.2) is 34.7 Å². The second-order valence-electron chi connectivity index (χ2n) is 9.70. The lowest BCUT2D eigenvalue weighted by molar-refractivity contribution is -0.252. The number of hydrogen-bond donors (Lipinski definition) is 2. The Balaban J connectivity index is 1.31. The molecular formula is C29H22Cl2F5N3O4. The van der Waals surface area contributed by atoms with Crippen LogP contribution in [0.4, 0.5) is 22.0 Å². The first kappa shape index (κ1) is 30.9. The number of hydrogen-bond acceptors (Lipinski definition) is 5. The third-order valence-corrected chi connectivity index (χ3v) is 7.66. The van der Waals surface area contributed by atoms with E-state index in [-0.39, 0.29) is 29.6 Å². The van der Waals surface area contributed by atoms with E-state index in [4.69, 9.17) is 32.7 Å². The molecule has 5 rings (SSSR count). The first-order valence-electron chi connectivity index (χ1n) is 12.8. The maximum Gasteiger partial charge on any atom is 0.257 e. The van der Waals surface area contributed by atoms with Crippen molar-refractivity contribution in [3.05, 3.63) is 122 Å². The Morgan fingerprint density at radius 2 is 1.47 bits per heavy atom. The van der Waals surface area contributed by atoms with E-state index >= 15 is 0 Å². The van der Waals surface area contributed by atoms with Gasteiger partial charge in [0.05, 0.1) is 31.7 Å². The van der Waals surface area contributed by atoms with Gasteiger partial charge in [0.2, 0.25) is 5.82 Å². The highest BCUT2D eigenvalue weighted by Gasteiger charge is 2.33. The molecule has 4 aromatic rings. The molecule has 1 saturated heterocycles. The predicted octanol–water partition coefficient (Wildman–Crippen LogP) is 6.55. The fraction of sp³-hybridized carbons (Fsp3) is 0.241. The maximum absolute atomic E-state index is 14.0. The smallest absolute Gasteiger partial charge is 0.257 e. The lowest BCUT2D eigenvalue weighted by Crippen LogP contribution is -2.32. The van der Waals surface area contributed by atoms with Crippen LogP contribution in [0.25, 0.3) is 0 Å². The highest BCUT2D eigenvalue weighted by Crippen LogP contribution is 2.39. The summed E-state index contributed by atoms with van der Waals surface area (Å²) >= 11 is 12.2. The zero-order valence-electron chi connectivity index (χ0n) is 22.0. The lowest BCUT2D eigenvalue weighted by atomic mass is 10.00. The van der Waals surface area contributed by atoms with E-state index in [1.54, 1.807) is 41.0 Å². The Morgan fingerprint density at radius 1 is 0.884 bits per heavy atom. The van der Waals surface area contributed by atoms with Gasteiger partial charge in [0.25, 0.3) is 5.91 Å². The molecule has 0 bridgehead atoms. The van der Waals surface area contributed by atoms with Crippen molar-refractivity contribution in [3.8, 4) is 0 Å². The van der Waals surface area contributed by atoms with Crippen LogP contribution in [0, 0.1) is 29.1 Å². The fourth-order valence-corrected chi connectivity index (χ4v) is 4.90. The van der Waals surface area contributed by atoms with Crippen molar-refractivity contribution < 1.29 is 41.3 Å². The van der Waals surface area contributed by atoms with E-state index < -0.39 is 53.0 Å². The fourth-order valence-electron chi connectivity index (χ4n) is 4.59. The first-order valence-corrected chi connectivity index (χ1v) is 13.6. The zero-order valence-corrected chi connectivity index (χ0v) is 23.5. The summed E-state index contributed by atoms with van der Waals surface area (Å²) in [5, 5.41) is 12.0. The number of aromatic nitrogens is 2. The van der Waals surface area contributed by atoms with Gasteiger partial charge in [-0.05, 0) is 16.7 Å². The number of nitrogens with one attached hydrogen (secondary N) is 1. The van der Waals surface area contributed by atoms with Crippen molar-refractivity contribution in [2.45, 2.75) is 44.6 Å². The molecule has 0 saturated carbocycles. The number of rotatable bonds is 8. The Labute approximate surface area is 251 Å².